The Bertz CT molecular complexity index is 1090. The number of fused-ring (bicyclic) bond motifs is 5. The van der Waals surface area contributed by atoms with Crippen molar-refractivity contribution < 1.29 is 24.2 Å². The van der Waals surface area contributed by atoms with Crippen molar-refractivity contribution in [1.82, 2.24) is 15.5 Å². The molecule has 0 saturated carbocycles. The molecule has 0 unspecified atom stereocenters. The van der Waals surface area contributed by atoms with E-state index in [1.165, 1.54) is 0 Å². The van der Waals surface area contributed by atoms with Crippen molar-refractivity contribution in [2.75, 3.05) is 26.2 Å². The number of aliphatic hydroxyl groups is 1. The van der Waals surface area contributed by atoms with E-state index in [1.54, 1.807) is 0 Å². The second-order valence-electron chi connectivity index (χ2n) is 10.3. The highest BCUT2D eigenvalue weighted by Crippen LogP contribution is 2.29. The third-order valence-corrected chi connectivity index (χ3v) is 7.64. The highest BCUT2D eigenvalue weighted by atomic mass is 16.5. The Hall–Kier alpha value is -2.94. The molecule has 2 amide bonds. The van der Waals surface area contributed by atoms with Crippen LogP contribution >= 0.6 is 0 Å². The summed E-state index contributed by atoms with van der Waals surface area (Å²) in [5, 5.41) is 16.7. The van der Waals surface area contributed by atoms with Gasteiger partial charge in [-0.15, -0.1) is 0 Å². The fourth-order valence-electron chi connectivity index (χ4n) is 5.68. The molecule has 0 radical (unpaired) electrons. The molecule has 5 rings (SSSR count). The molecule has 4 bridgehead atoms. The van der Waals surface area contributed by atoms with Gasteiger partial charge in [-0.2, -0.15) is 0 Å². The molecular formula is C29H37N3O5. The van der Waals surface area contributed by atoms with Crippen molar-refractivity contribution in [2.45, 2.75) is 69.4 Å². The zero-order chi connectivity index (χ0) is 25.8. The number of carbonyl (C=O) groups excluding carboxylic acids is 2. The number of carbonyl (C=O) groups is 2. The number of hydrogen-bond donors (Lipinski definition) is 3. The molecule has 0 aromatic heterocycles. The SMILES string of the molecule is CCCN1C[C@@H]2C[C@H]1C(=O)NC[C@H]1O[C@H](CCOc3cc(-c4ccccc4)ccc3C(=O)N2)CC[C@@H]1O. The van der Waals surface area contributed by atoms with Gasteiger partial charge in [0.05, 0.1) is 30.4 Å². The quantitative estimate of drug-likeness (QED) is 0.591. The van der Waals surface area contributed by atoms with Gasteiger partial charge in [0.15, 0.2) is 0 Å². The van der Waals surface area contributed by atoms with E-state index in [0.717, 1.165) is 30.5 Å². The van der Waals surface area contributed by atoms with E-state index in [4.69, 9.17) is 9.47 Å². The standard InChI is InChI=1S/C29H37N3O5/c1-2-13-32-18-21-16-24(32)29(35)30-17-27-25(33)11-9-22(37-27)12-14-36-26-15-20(19-6-4-3-5-7-19)8-10-23(26)28(34)31-21/h3-8,10,15,21-22,24-25,27,33H,2,9,11-14,16-18H2,1H3,(H,30,35)(H,31,34)/t21-,22-,24-,25-,27+/m0/s1. The molecule has 37 heavy (non-hydrogen) atoms. The van der Waals surface area contributed by atoms with Crippen LogP contribution in [0.1, 0.15) is 49.4 Å². The highest BCUT2D eigenvalue weighted by molar-refractivity contribution is 5.98. The minimum absolute atomic E-state index is 0.0774. The van der Waals surface area contributed by atoms with Crippen LogP contribution in [0.4, 0.5) is 0 Å². The summed E-state index contributed by atoms with van der Waals surface area (Å²) in [6.45, 7) is 4.12. The van der Waals surface area contributed by atoms with Crippen LogP contribution in [0.3, 0.4) is 0 Å². The molecular weight excluding hydrogens is 470 g/mol. The molecule has 198 valence electrons. The molecule has 3 N–H and O–H groups in total. The number of ether oxygens (including phenoxy) is 2. The zero-order valence-electron chi connectivity index (χ0n) is 21.4. The molecule has 3 aliphatic heterocycles. The Morgan fingerprint density at radius 2 is 1.89 bits per heavy atom. The second-order valence-corrected chi connectivity index (χ2v) is 10.3. The summed E-state index contributed by atoms with van der Waals surface area (Å²) in [6, 6.07) is 15.2. The first-order valence-electron chi connectivity index (χ1n) is 13.5. The van der Waals surface area contributed by atoms with E-state index < -0.39 is 12.2 Å². The monoisotopic (exact) mass is 507 g/mol. The van der Waals surface area contributed by atoms with Gasteiger partial charge in [-0.3, -0.25) is 14.5 Å². The van der Waals surface area contributed by atoms with Crippen molar-refractivity contribution in [3.8, 4) is 16.9 Å². The summed E-state index contributed by atoms with van der Waals surface area (Å²) in [6.07, 6.45) is 2.29. The molecule has 2 saturated heterocycles. The van der Waals surface area contributed by atoms with Gasteiger partial charge in [0.1, 0.15) is 11.9 Å². The van der Waals surface area contributed by atoms with Gasteiger partial charge < -0.3 is 25.2 Å². The molecule has 3 aliphatic rings. The van der Waals surface area contributed by atoms with E-state index in [9.17, 15) is 14.7 Å². The molecule has 2 aromatic carbocycles. The van der Waals surface area contributed by atoms with Crippen LogP contribution in [0.25, 0.3) is 11.1 Å². The van der Waals surface area contributed by atoms with Crippen molar-refractivity contribution in [3.63, 3.8) is 0 Å². The van der Waals surface area contributed by atoms with Crippen molar-refractivity contribution in [3.05, 3.63) is 54.1 Å². The van der Waals surface area contributed by atoms with Gasteiger partial charge in [-0.1, -0.05) is 43.3 Å². The molecule has 8 nitrogen and oxygen atoms in total. The maximum absolute atomic E-state index is 13.4. The van der Waals surface area contributed by atoms with Crippen LogP contribution < -0.4 is 15.4 Å². The second kappa shape index (κ2) is 11.6. The van der Waals surface area contributed by atoms with Gasteiger partial charge >= 0.3 is 0 Å². The number of rotatable bonds is 3. The number of benzene rings is 2. The van der Waals surface area contributed by atoms with Crippen LogP contribution in [0.2, 0.25) is 0 Å². The van der Waals surface area contributed by atoms with E-state index in [0.29, 0.717) is 43.7 Å². The average Bonchev–Trinajstić information content (AvgIpc) is 3.31. The number of nitrogens with zero attached hydrogens (tertiary/aromatic N) is 1. The Morgan fingerprint density at radius 3 is 2.70 bits per heavy atom. The van der Waals surface area contributed by atoms with Gasteiger partial charge in [-0.05, 0) is 55.5 Å². The van der Waals surface area contributed by atoms with Crippen LogP contribution in [0.5, 0.6) is 5.75 Å². The molecule has 0 aliphatic carbocycles. The zero-order valence-corrected chi connectivity index (χ0v) is 21.4. The van der Waals surface area contributed by atoms with Crippen molar-refractivity contribution in [1.29, 1.82) is 0 Å². The van der Waals surface area contributed by atoms with Gasteiger partial charge in [0.2, 0.25) is 5.91 Å². The van der Waals surface area contributed by atoms with E-state index in [2.05, 4.69) is 22.5 Å². The maximum Gasteiger partial charge on any atom is 0.255 e. The van der Waals surface area contributed by atoms with Crippen LogP contribution in [0.15, 0.2) is 48.5 Å². The highest BCUT2D eigenvalue weighted by Gasteiger charge is 2.38. The van der Waals surface area contributed by atoms with Gasteiger partial charge in [-0.25, -0.2) is 0 Å². The Kier molecular flexibility index (Phi) is 8.08. The van der Waals surface area contributed by atoms with Crippen molar-refractivity contribution >= 4 is 11.8 Å². The molecule has 0 spiro atoms. The normalized spacial score (nSPS) is 29.1. The number of hydrogen-bond acceptors (Lipinski definition) is 6. The maximum atomic E-state index is 13.4. The molecule has 8 heteroatoms. The summed E-state index contributed by atoms with van der Waals surface area (Å²) in [5.41, 5.74) is 2.51. The molecule has 2 fully saturated rings. The Labute approximate surface area is 218 Å². The first-order chi connectivity index (χ1) is 18.0. The van der Waals surface area contributed by atoms with Crippen molar-refractivity contribution in [2.24, 2.45) is 0 Å². The summed E-state index contributed by atoms with van der Waals surface area (Å²) in [7, 11) is 0. The lowest BCUT2D eigenvalue weighted by Crippen LogP contribution is -2.50. The van der Waals surface area contributed by atoms with Gasteiger partial charge in [0, 0.05) is 25.6 Å². The van der Waals surface area contributed by atoms with E-state index in [-0.39, 0.29) is 36.5 Å². The molecule has 5 atom stereocenters. The molecule has 3 heterocycles. The number of aliphatic hydroxyl groups excluding tert-OH is 1. The first-order valence-corrected chi connectivity index (χ1v) is 13.5. The fourth-order valence-corrected chi connectivity index (χ4v) is 5.68. The third-order valence-electron chi connectivity index (χ3n) is 7.64. The lowest BCUT2D eigenvalue weighted by molar-refractivity contribution is -0.133. The summed E-state index contributed by atoms with van der Waals surface area (Å²) in [4.78, 5) is 28.7. The Morgan fingerprint density at radius 1 is 1.05 bits per heavy atom. The molecule has 2 aromatic rings. The number of nitrogens with one attached hydrogen (secondary N) is 2. The van der Waals surface area contributed by atoms with Gasteiger partial charge in [0.25, 0.3) is 5.91 Å². The lowest BCUT2D eigenvalue weighted by atomic mass is 9.99. The van der Waals surface area contributed by atoms with Crippen LogP contribution in [-0.4, -0.2) is 78.5 Å². The Balaban J connectivity index is 1.43. The topological polar surface area (TPSA) is 100 Å². The van der Waals surface area contributed by atoms with Crippen LogP contribution in [0, 0.1) is 0 Å². The lowest BCUT2D eigenvalue weighted by Gasteiger charge is -2.34. The largest absolute Gasteiger partial charge is 0.493 e. The number of likely N-dealkylation sites (tertiary alicyclic amines) is 1. The predicted molar refractivity (Wildman–Crippen MR) is 140 cm³/mol. The predicted octanol–water partition coefficient (Wildman–Crippen LogP) is 2.74. The summed E-state index contributed by atoms with van der Waals surface area (Å²) < 4.78 is 12.4. The first kappa shape index (κ1) is 25.7. The minimum Gasteiger partial charge on any atom is -0.493 e. The average molecular weight is 508 g/mol. The van der Waals surface area contributed by atoms with E-state index >= 15 is 0 Å². The third kappa shape index (κ3) is 5.98. The smallest absolute Gasteiger partial charge is 0.255 e. The fraction of sp³-hybridized carbons (Fsp3) is 0.517. The summed E-state index contributed by atoms with van der Waals surface area (Å²) >= 11 is 0. The van der Waals surface area contributed by atoms with E-state index in [1.807, 2.05) is 48.5 Å². The minimum atomic E-state index is -0.604. The number of amides is 2. The van der Waals surface area contributed by atoms with Crippen LogP contribution in [-0.2, 0) is 9.53 Å². The summed E-state index contributed by atoms with van der Waals surface area (Å²) in [5.74, 6) is 0.267.